The second kappa shape index (κ2) is 3.01. The summed E-state index contributed by atoms with van der Waals surface area (Å²) in [6.07, 6.45) is -0.579. The maximum Gasteiger partial charge on any atom is 0.0939 e. The van der Waals surface area contributed by atoms with E-state index in [1.165, 1.54) is 0 Å². The predicted octanol–water partition coefficient (Wildman–Crippen LogP) is 2.27. The van der Waals surface area contributed by atoms with E-state index in [0.29, 0.717) is 10.7 Å². The first kappa shape index (κ1) is 8.53. The number of hydrogen-bond donors (Lipinski definition) is 2. The zero-order valence-corrected chi connectivity index (χ0v) is 7.84. The molecule has 0 bridgehead atoms. The summed E-state index contributed by atoms with van der Waals surface area (Å²) in [6.45, 7) is 1.68. The Morgan fingerprint density at radius 3 is 3.00 bits per heavy atom. The van der Waals surface area contributed by atoms with Crippen molar-refractivity contribution in [3.8, 4) is 0 Å². The maximum atomic E-state index is 9.41. The highest BCUT2D eigenvalue weighted by Gasteiger charge is 2.11. The largest absolute Gasteiger partial charge is 0.387 e. The molecule has 2 N–H and O–H groups in total. The second-order valence-corrected chi connectivity index (χ2v) is 3.35. The molecule has 4 heteroatoms. The number of H-pyrrole nitrogens is 1. The summed E-state index contributed by atoms with van der Waals surface area (Å²) in [7, 11) is 0. The summed E-state index contributed by atoms with van der Waals surface area (Å²) >= 11 is 5.98. The molecule has 13 heavy (non-hydrogen) atoms. The highest BCUT2D eigenvalue weighted by Crippen LogP contribution is 2.28. The fourth-order valence-corrected chi connectivity index (χ4v) is 1.62. The van der Waals surface area contributed by atoms with Crippen molar-refractivity contribution in [1.29, 1.82) is 0 Å². The van der Waals surface area contributed by atoms with Crippen LogP contribution in [0.25, 0.3) is 10.9 Å². The molecule has 1 aromatic heterocycles. The van der Waals surface area contributed by atoms with Crippen LogP contribution in [0.4, 0.5) is 0 Å². The van der Waals surface area contributed by atoms with Crippen molar-refractivity contribution >= 4 is 22.5 Å². The highest BCUT2D eigenvalue weighted by molar-refractivity contribution is 6.35. The molecule has 1 heterocycles. The van der Waals surface area contributed by atoms with Gasteiger partial charge in [-0.15, -0.1) is 0 Å². The molecule has 1 unspecified atom stereocenters. The molecule has 68 valence electrons. The van der Waals surface area contributed by atoms with Crippen molar-refractivity contribution in [2.75, 3.05) is 0 Å². The van der Waals surface area contributed by atoms with Gasteiger partial charge in [0.05, 0.1) is 22.3 Å². The molecule has 0 fully saturated rings. The van der Waals surface area contributed by atoms with E-state index in [2.05, 4.69) is 10.2 Å². The monoisotopic (exact) mass is 196 g/mol. The lowest BCUT2D eigenvalue weighted by Crippen LogP contribution is -1.91. The normalized spacial score (nSPS) is 13.5. The number of fused-ring (bicyclic) bond motifs is 1. The first-order chi connectivity index (χ1) is 6.20. The molecule has 2 rings (SSSR count). The van der Waals surface area contributed by atoms with Crippen LogP contribution in [0.5, 0.6) is 0 Å². The molecule has 1 aromatic carbocycles. The van der Waals surface area contributed by atoms with Crippen molar-refractivity contribution in [3.63, 3.8) is 0 Å². The summed E-state index contributed by atoms with van der Waals surface area (Å²) in [6, 6.07) is 5.46. The van der Waals surface area contributed by atoms with Gasteiger partial charge in [0.25, 0.3) is 0 Å². The summed E-state index contributed by atoms with van der Waals surface area (Å²) in [5.41, 5.74) is 1.45. The predicted molar refractivity (Wildman–Crippen MR) is 51.7 cm³/mol. The van der Waals surface area contributed by atoms with E-state index in [1.807, 2.05) is 12.1 Å². The smallest absolute Gasteiger partial charge is 0.0939 e. The zero-order chi connectivity index (χ0) is 9.42. The first-order valence-corrected chi connectivity index (χ1v) is 4.38. The molecule has 0 aliphatic carbocycles. The average Bonchev–Trinajstić information content (AvgIpc) is 2.49. The van der Waals surface area contributed by atoms with Gasteiger partial charge in [-0.25, -0.2) is 0 Å². The lowest BCUT2D eigenvalue weighted by molar-refractivity contribution is 0.195. The minimum absolute atomic E-state index is 0.579. The first-order valence-electron chi connectivity index (χ1n) is 4.00. The number of aromatic nitrogens is 2. The number of aromatic amines is 1. The lowest BCUT2D eigenvalue weighted by atomic mass is 10.1. The molecule has 0 radical (unpaired) electrons. The minimum atomic E-state index is -0.579. The van der Waals surface area contributed by atoms with E-state index in [1.54, 1.807) is 13.0 Å². The van der Waals surface area contributed by atoms with Crippen molar-refractivity contribution in [1.82, 2.24) is 10.2 Å². The number of aliphatic hydroxyl groups is 1. The third-order valence-corrected chi connectivity index (χ3v) is 2.29. The molecule has 0 saturated heterocycles. The Hall–Kier alpha value is -1.06. The second-order valence-electron chi connectivity index (χ2n) is 2.95. The van der Waals surface area contributed by atoms with E-state index in [0.717, 1.165) is 10.9 Å². The number of nitrogens with zero attached hydrogens (tertiary/aromatic N) is 1. The third kappa shape index (κ3) is 1.30. The van der Waals surface area contributed by atoms with Crippen molar-refractivity contribution in [2.45, 2.75) is 13.0 Å². The van der Waals surface area contributed by atoms with Crippen molar-refractivity contribution in [3.05, 3.63) is 28.9 Å². The van der Waals surface area contributed by atoms with Gasteiger partial charge < -0.3 is 5.11 Å². The molecular formula is C9H9ClN2O. The number of halogens is 1. The fraction of sp³-hybridized carbons (Fsp3) is 0.222. The van der Waals surface area contributed by atoms with Gasteiger partial charge in [0.2, 0.25) is 0 Å². The van der Waals surface area contributed by atoms with Crippen LogP contribution in [0.1, 0.15) is 18.7 Å². The van der Waals surface area contributed by atoms with Crippen LogP contribution < -0.4 is 0 Å². The SMILES string of the molecule is CC(O)c1[nH]nc2cccc(Cl)c12. The molecule has 0 aliphatic heterocycles. The standard InChI is InChI=1S/C9H9ClN2O/c1-5(13)9-8-6(10)3-2-4-7(8)11-12-9/h2-5,13H,1H3,(H,11,12). The number of nitrogens with one attached hydrogen (secondary N) is 1. The average molecular weight is 197 g/mol. The van der Waals surface area contributed by atoms with Gasteiger partial charge in [0.1, 0.15) is 0 Å². The summed E-state index contributed by atoms with van der Waals surface area (Å²) in [4.78, 5) is 0. The number of hydrogen-bond acceptors (Lipinski definition) is 2. The molecule has 0 aliphatic rings. The van der Waals surface area contributed by atoms with Gasteiger partial charge in [-0.05, 0) is 19.1 Å². The van der Waals surface area contributed by atoms with Crippen LogP contribution in [0, 0.1) is 0 Å². The van der Waals surface area contributed by atoms with Gasteiger partial charge in [-0.1, -0.05) is 17.7 Å². The Balaban J connectivity index is 2.79. The Bertz CT molecular complexity index is 436. The lowest BCUT2D eigenvalue weighted by Gasteiger charge is -2.01. The van der Waals surface area contributed by atoms with Gasteiger partial charge in [0.15, 0.2) is 0 Å². The summed E-state index contributed by atoms with van der Waals surface area (Å²) < 4.78 is 0. The molecule has 2 aromatic rings. The van der Waals surface area contributed by atoms with Gasteiger partial charge in [-0.3, -0.25) is 5.10 Å². The molecule has 0 spiro atoms. The zero-order valence-electron chi connectivity index (χ0n) is 7.08. The Kier molecular flexibility index (Phi) is 1.98. The van der Waals surface area contributed by atoms with Crippen LogP contribution in [0.15, 0.2) is 18.2 Å². The molecule has 0 amide bonds. The topological polar surface area (TPSA) is 48.9 Å². The number of aliphatic hydroxyl groups excluding tert-OH is 1. The van der Waals surface area contributed by atoms with Crippen LogP contribution in [-0.4, -0.2) is 15.3 Å². The summed E-state index contributed by atoms with van der Waals surface area (Å²) in [5.74, 6) is 0. The van der Waals surface area contributed by atoms with E-state index < -0.39 is 6.10 Å². The quantitative estimate of drug-likeness (QED) is 0.735. The van der Waals surface area contributed by atoms with Gasteiger partial charge in [0, 0.05) is 5.39 Å². The van der Waals surface area contributed by atoms with E-state index in [-0.39, 0.29) is 0 Å². The highest BCUT2D eigenvalue weighted by atomic mass is 35.5. The Morgan fingerprint density at radius 1 is 1.54 bits per heavy atom. The minimum Gasteiger partial charge on any atom is -0.387 e. The van der Waals surface area contributed by atoms with Crippen LogP contribution in [0.3, 0.4) is 0 Å². The third-order valence-electron chi connectivity index (χ3n) is 1.98. The van der Waals surface area contributed by atoms with Gasteiger partial charge >= 0.3 is 0 Å². The van der Waals surface area contributed by atoms with Gasteiger partial charge in [-0.2, -0.15) is 5.10 Å². The Morgan fingerprint density at radius 2 is 2.31 bits per heavy atom. The fourth-order valence-electron chi connectivity index (χ4n) is 1.35. The van der Waals surface area contributed by atoms with Crippen LogP contribution >= 0.6 is 11.6 Å². The van der Waals surface area contributed by atoms with E-state index in [4.69, 9.17) is 11.6 Å². The van der Waals surface area contributed by atoms with Crippen LogP contribution in [-0.2, 0) is 0 Å². The van der Waals surface area contributed by atoms with Crippen molar-refractivity contribution in [2.24, 2.45) is 0 Å². The Labute approximate surface area is 80.3 Å². The number of rotatable bonds is 1. The van der Waals surface area contributed by atoms with Crippen LogP contribution in [0.2, 0.25) is 5.02 Å². The van der Waals surface area contributed by atoms with Crippen molar-refractivity contribution < 1.29 is 5.11 Å². The maximum absolute atomic E-state index is 9.41. The molecule has 1 atom stereocenters. The van der Waals surface area contributed by atoms with E-state index in [9.17, 15) is 5.11 Å². The molecule has 0 saturated carbocycles. The molecule has 3 nitrogen and oxygen atoms in total. The van der Waals surface area contributed by atoms with E-state index >= 15 is 0 Å². The number of benzene rings is 1. The molecular weight excluding hydrogens is 188 g/mol. The summed E-state index contributed by atoms with van der Waals surface area (Å²) in [5, 5.41) is 17.6.